The van der Waals surface area contributed by atoms with Crippen LogP contribution in [0.4, 0.5) is 10.5 Å². The number of aromatic nitrogens is 1. The van der Waals surface area contributed by atoms with Crippen LogP contribution in [0.5, 0.6) is 0 Å². The smallest absolute Gasteiger partial charge is 0.319 e. The van der Waals surface area contributed by atoms with Crippen LogP contribution in [0.3, 0.4) is 0 Å². The topological polar surface area (TPSA) is 54.0 Å². The van der Waals surface area contributed by atoms with E-state index in [1.54, 1.807) is 6.20 Å². The molecule has 2 aromatic rings. The largest absolute Gasteiger partial charge is 0.335 e. The first-order chi connectivity index (χ1) is 10.3. The lowest BCUT2D eigenvalue weighted by Gasteiger charge is -2.13. The van der Waals surface area contributed by atoms with Gasteiger partial charge in [0.05, 0.1) is 17.6 Å². The highest BCUT2D eigenvalue weighted by Crippen LogP contribution is 2.19. The fraction of sp³-hybridized carbons (Fsp3) is 0.294. The number of urea groups is 1. The molecule has 0 aliphatic heterocycles. The van der Waals surface area contributed by atoms with E-state index in [2.05, 4.69) is 15.6 Å². The monoisotopic (exact) mass is 281 g/mol. The van der Waals surface area contributed by atoms with Crippen LogP contribution in [0, 0.1) is 0 Å². The Hall–Kier alpha value is -2.36. The van der Waals surface area contributed by atoms with Crippen molar-refractivity contribution in [1.29, 1.82) is 0 Å². The molecule has 0 atom stereocenters. The van der Waals surface area contributed by atoms with Crippen molar-refractivity contribution >= 4 is 11.7 Å². The first-order valence-electron chi connectivity index (χ1n) is 7.40. The summed E-state index contributed by atoms with van der Waals surface area (Å²) < 4.78 is 0. The summed E-state index contributed by atoms with van der Waals surface area (Å²) in [6.07, 6.45) is 6.27. The van der Waals surface area contributed by atoms with Crippen LogP contribution in [0.1, 0.15) is 25.7 Å². The number of carbonyl (C=O) groups is 1. The number of anilines is 1. The molecule has 4 nitrogen and oxygen atoms in total. The third-order valence-electron chi connectivity index (χ3n) is 3.78. The maximum absolute atomic E-state index is 11.9. The molecular formula is C17H19N3O. The van der Waals surface area contributed by atoms with Crippen molar-refractivity contribution in [2.45, 2.75) is 31.7 Å². The fourth-order valence-corrected chi connectivity index (χ4v) is 2.67. The number of benzene rings is 1. The lowest BCUT2D eigenvalue weighted by atomic mass is 10.1. The lowest BCUT2D eigenvalue weighted by molar-refractivity contribution is 0.248. The van der Waals surface area contributed by atoms with Crippen LogP contribution in [0.25, 0.3) is 11.3 Å². The average molecular weight is 281 g/mol. The van der Waals surface area contributed by atoms with E-state index >= 15 is 0 Å². The van der Waals surface area contributed by atoms with Crippen LogP contribution in [-0.2, 0) is 0 Å². The van der Waals surface area contributed by atoms with E-state index < -0.39 is 0 Å². The maximum atomic E-state index is 11.9. The second kappa shape index (κ2) is 6.39. The highest BCUT2D eigenvalue weighted by Gasteiger charge is 2.16. The molecule has 21 heavy (non-hydrogen) atoms. The summed E-state index contributed by atoms with van der Waals surface area (Å²) in [6.45, 7) is 0. The summed E-state index contributed by atoms with van der Waals surface area (Å²) in [6, 6.07) is 14.0. The highest BCUT2D eigenvalue weighted by atomic mass is 16.2. The van der Waals surface area contributed by atoms with E-state index in [0.29, 0.717) is 11.7 Å². The molecule has 108 valence electrons. The van der Waals surface area contributed by atoms with Crippen molar-refractivity contribution in [3.05, 3.63) is 48.7 Å². The molecule has 0 bridgehead atoms. The molecular weight excluding hydrogens is 262 g/mol. The molecule has 0 spiro atoms. The summed E-state index contributed by atoms with van der Waals surface area (Å²) in [5, 5.41) is 5.83. The Kier molecular flexibility index (Phi) is 4.15. The van der Waals surface area contributed by atoms with Crippen LogP contribution >= 0.6 is 0 Å². The predicted molar refractivity (Wildman–Crippen MR) is 84.1 cm³/mol. The standard InChI is InChI=1S/C17H19N3O/c21-17(19-14-8-4-5-9-14)20-15-10-11-16(18-12-15)13-6-2-1-3-7-13/h1-3,6-7,10-12,14H,4-5,8-9H2,(H2,19,20,21). The van der Waals surface area contributed by atoms with Gasteiger partial charge in [0.15, 0.2) is 0 Å². The second-order valence-electron chi connectivity index (χ2n) is 5.38. The maximum Gasteiger partial charge on any atom is 0.319 e. The zero-order valence-corrected chi connectivity index (χ0v) is 11.9. The molecule has 2 amide bonds. The minimum atomic E-state index is -0.142. The molecule has 1 aliphatic rings. The van der Waals surface area contributed by atoms with Gasteiger partial charge in [-0.3, -0.25) is 4.98 Å². The molecule has 0 unspecified atom stereocenters. The van der Waals surface area contributed by atoms with Gasteiger partial charge in [0, 0.05) is 11.6 Å². The van der Waals surface area contributed by atoms with Crippen molar-refractivity contribution in [2.75, 3.05) is 5.32 Å². The van der Waals surface area contributed by atoms with Gasteiger partial charge >= 0.3 is 6.03 Å². The number of hydrogen-bond acceptors (Lipinski definition) is 2. The molecule has 1 fully saturated rings. The Morgan fingerprint density at radius 1 is 1.05 bits per heavy atom. The minimum Gasteiger partial charge on any atom is -0.335 e. The lowest BCUT2D eigenvalue weighted by Crippen LogP contribution is -2.36. The summed E-state index contributed by atoms with van der Waals surface area (Å²) in [4.78, 5) is 16.3. The highest BCUT2D eigenvalue weighted by molar-refractivity contribution is 5.89. The Labute approximate surface area is 124 Å². The molecule has 0 saturated heterocycles. The van der Waals surface area contributed by atoms with E-state index in [0.717, 1.165) is 24.1 Å². The SMILES string of the molecule is O=C(Nc1ccc(-c2ccccc2)nc1)NC1CCCC1. The number of hydrogen-bond donors (Lipinski definition) is 2. The van der Waals surface area contributed by atoms with Gasteiger partial charge in [-0.15, -0.1) is 0 Å². The summed E-state index contributed by atoms with van der Waals surface area (Å²) in [5.74, 6) is 0. The molecule has 2 N–H and O–H groups in total. The van der Waals surface area contributed by atoms with Crippen molar-refractivity contribution in [3.63, 3.8) is 0 Å². The predicted octanol–water partition coefficient (Wildman–Crippen LogP) is 3.81. The van der Waals surface area contributed by atoms with Crippen molar-refractivity contribution < 1.29 is 4.79 Å². The summed E-state index contributed by atoms with van der Waals surface area (Å²) in [7, 11) is 0. The van der Waals surface area contributed by atoms with E-state index in [9.17, 15) is 4.79 Å². The van der Waals surface area contributed by atoms with E-state index in [1.807, 2.05) is 42.5 Å². The summed E-state index contributed by atoms with van der Waals surface area (Å²) >= 11 is 0. The zero-order chi connectivity index (χ0) is 14.5. The average Bonchev–Trinajstić information content (AvgIpc) is 3.02. The molecule has 0 radical (unpaired) electrons. The molecule has 1 heterocycles. The minimum absolute atomic E-state index is 0.142. The first-order valence-corrected chi connectivity index (χ1v) is 7.40. The summed E-state index contributed by atoms with van der Waals surface area (Å²) in [5.41, 5.74) is 2.68. The molecule has 1 aliphatic carbocycles. The quantitative estimate of drug-likeness (QED) is 0.898. The van der Waals surface area contributed by atoms with E-state index in [-0.39, 0.29) is 6.03 Å². The van der Waals surface area contributed by atoms with Crippen LogP contribution < -0.4 is 10.6 Å². The number of amides is 2. The van der Waals surface area contributed by atoms with Gasteiger partial charge in [-0.05, 0) is 25.0 Å². The van der Waals surface area contributed by atoms with Crippen LogP contribution in [0.2, 0.25) is 0 Å². The van der Waals surface area contributed by atoms with E-state index in [1.165, 1.54) is 12.8 Å². The number of nitrogens with zero attached hydrogens (tertiary/aromatic N) is 1. The van der Waals surface area contributed by atoms with Gasteiger partial charge in [0.25, 0.3) is 0 Å². The van der Waals surface area contributed by atoms with Crippen molar-refractivity contribution in [3.8, 4) is 11.3 Å². The number of carbonyl (C=O) groups excluding carboxylic acids is 1. The van der Waals surface area contributed by atoms with Gasteiger partial charge in [-0.2, -0.15) is 0 Å². The molecule has 1 saturated carbocycles. The molecule has 1 aromatic carbocycles. The van der Waals surface area contributed by atoms with E-state index in [4.69, 9.17) is 0 Å². The Morgan fingerprint density at radius 3 is 2.48 bits per heavy atom. The zero-order valence-electron chi connectivity index (χ0n) is 11.9. The van der Waals surface area contributed by atoms with Crippen LogP contribution in [-0.4, -0.2) is 17.1 Å². The Bertz CT molecular complexity index is 589. The Balaban J connectivity index is 1.60. The fourth-order valence-electron chi connectivity index (χ4n) is 2.67. The van der Waals surface area contributed by atoms with Crippen LogP contribution in [0.15, 0.2) is 48.7 Å². The van der Waals surface area contributed by atoms with Gasteiger partial charge in [-0.1, -0.05) is 43.2 Å². The third-order valence-corrected chi connectivity index (χ3v) is 3.78. The Morgan fingerprint density at radius 2 is 1.81 bits per heavy atom. The van der Waals surface area contributed by atoms with Gasteiger partial charge < -0.3 is 10.6 Å². The number of pyridine rings is 1. The number of rotatable bonds is 3. The number of nitrogens with one attached hydrogen (secondary N) is 2. The van der Waals surface area contributed by atoms with Gasteiger partial charge in [-0.25, -0.2) is 4.79 Å². The molecule has 3 rings (SSSR count). The van der Waals surface area contributed by atoms with Gasteiger partial charge in [0.2, 0.25) is 0 Å². The normalized spacial score (nSPS) is 14.9. The first kappa shape index (κ1) is 13.6. The van der Waals surface area contributed by atoms with Crippen molar-refractivity contribution in [2.24, 2.45) is 0 Å². The molecule has 4 heteroatoms. The second-order valence-corrected chi connectivity index (χ2v) is 5.38. The molecule has 1 aromatic heterocycles. The van der Waals surface area contributed by atoms with Crippen molar-refractivity contribution in [1.82, 2.24) is 10.3 Å². The third kappa shape index (κ3) is 3.60. The van der Waals surface area contributed by atoms with Gasteiger partial charge in [0.1, 0.15) is 0 Å².